The van der Waals surface area contributed by atoms with Crippen LogP contribution < -0.4 is 11.1 Å². The molecule has 1 amide bonds. The lowest BCUT2D eigenvalue weighted by Gasteiger charge is -2.07. The van der Waals surface area contributed by atoms with Crippen LogP contribution in [0, 0.1) is 0 Å². The molecule has 1 unspecified atom stereocenters. The monoisotopic (exact) mass is 204 g/mol. The van der Waals surface area contributed by atoms with Crippen molar-refractivity contribution in [2.24, 2.45) is 5.73 Å². The number of aromatic nitrogens is 2. The minimum atomic E-state index is -0.512. The van der Waals surface area contributed by atoms with Crippen LogP contribution in [0.4, 0.5) is 5.69 Å². The van der Waals surface area contributed by atoms with Gasteiger partial charge in [0, 0.05) is 11.1 Å². The molecule has 0 aliphatic heterocycles. The summed E-state index contributed by atoms with van der Waals surface area (Å²) >= 11 is 0. The standard InChI is InChI=1S/C10H12N4O/c1-6(11)10(15)13-8-3-2-7-5-12-14-9(7)4-8/h2-6H,11H2,1H3,(H,12,14)(H,13,15). The van der Waals surface area contributed by atoms with Crippen LogP contribution in [0.25, 0.3) is 10.9 Å². The van der Waals surface area contributed by atoms with E-state index in [9.17, 15) is 4.79 Å². The van der Waals surface area contributed by atoms with Gasteiger partial charge in [-0.05, 0) is 25.1 Å². The minimum Gasteiger partial charge on any atom is -0.325 e. The molecule has 0 aliphatic carbocycles. The van der Waals surface area contributed by atoms with Crippen LogP contribution in [-0.4, -0.2) is 22.1 Å². The number of anilines is 1. The number of nitrogens with one attached hydrogen (secondary N) is 2. The SMILES string of the molecule is CC(N)C(=O)Nc1ccc2cn[nH]c2c1. The second kappa shape index (κ2) is 3.70. The summed E-state index contributed by atoms with van der Waals surface area (Å²) in [5.41, 5.74) is 7.05. The van der Waals surface area contributed by atoms with Crippen molar-refractivity contribution < 1.29 is 4.79 Å². The second-order valence-electron chi connectivity index (χ2n) is 3.45. The van der Waals surface area contributed by atoms with E-state index in [0.717, 1.165) is 10.9 Å². The van der Waals surface area contributed by atoms with Crippen molar-refractivity contribution in [2.75, 3.05) is 5.32 Å². The molecule has 0 bridgehead atoms. The fourth-order valence-electron chi connectivity index (χ4n) is 1.27. The molecule has 2 rings (SSSR count). The van der Waals surface area contributed by atoms with Gasteiger partial charge in [-0.3, -0.25) is 9.89 Å². The zero-order valence-electron chi connectivity index (χ0n) is 8.32. The minimum absolute atomic E-state index is 0.200. The van der Waals surface area contributed by atoms with Crippen molar-refractivity contribution >= 4 is 22.5 Å². The smallest absolute Gasteiger partial charge is 0.240 e. The predicted molar refractivity (Wildman–Crippen MR) is 58.4 cm³/mol. The molecule has 0 spiro atoms. The predicted octanol–water partition coefficient (Wildman–Crippen LogP) is 0.849. The Morgan fingerprint density at radius 2 is 2.40 bits per heavy atom. The summed E-state index contributed by atoms with van der Waals surface area (Å²) in [6, 6.07) is 5.01. The van der Waals surface area contributed by atoms with Crippen molar-refractivity contribution in [3.8, 4) is 0 Å². The van der Waals surface area contributed by atoms with Gasteiger partial charge < -0.3 is 11.1 Å². The molecule has 0 saturated carbocycles. The molecule has 2 aromatic rings. The molecule has 0 aliphatic rings. The van der Waals surface area contributed by atoms with E-state index in [0.29, 0.717) is 5.69 Å². The summed E-state index contributed by atoms with van der Waals surface area (Å²) in [5.74, 6) is -0.200. The Balaban J connectivity index is 2.25. The van der Waals surface area contributed by atoms with Gasteiger partial charge in [0.2, 0.25) is 5.91 Å². The van der Waals surface area contributed by atoms with Crippen LogP contribution in [-0.2, 0) is 4.79 Å². The number of hydrogen-bond acceptors (Lipinski definition) is 3. The highest BCUT2D eigenvalue weighted by Gasteiger charge is 2.07. The van der Waals surface area contributed by atoms with Gasteiger partial charge in [-0.25, -0.2) is 0 Å². The number of carbonyl (C=O) groups is 1. The molecule has 5 heteroatoms. The molecular formula is C10H12N4O. The zero-order valence-corrected chi connectivity index (χ0v) is 8.32. The fraction of sp³-hybridized carbons (Fsp3) is 0.200. The zero-order chi connectivity index (χ0) is 10.8. The largest absolute Gasteiger partial charge is 0.325 e. The molecule has 1 heterocycles. The first-order valence-corrected chi connectivity index (χ1v) is 4.66. The molecule has 1 aromatic heterocycles. The lowest BCUT2D eigenvalue weighted by Crippen LogP contribution is -2.32. The van der Waals surface area contributed by atoms with Gasteiger partial charge >= 0.3 is 0 Å². The second-order valence-corrected chi connectivity index (χ2v) is 3.45. The summed E-state index contributed by atoms with van der Waals surface area (Å²) in [7, 11) is 0. The van der Waals surface area contributed by atoms with Crippen molar-refractivity contribution in [3.63, 3.8) is 0 Å². The quantitative estimate of drug-likeness (QED) is 0.678. The third kappa shape index (κ3) is 1.97. The first-order chi connectivity index (χ1) is 7.16. The summed E-state index contributed by atoms with van der Waals surface area (Å²) in [5, 5.41) is 10.4. The topological polar surface area (TPSA) is 83.8 Å². The Morgan fingerprint density at radius 1 is 1.60 bits per heavy atom. The average molecular weight is 204 g/mol. The third-order valence-electron chi connectivity index (χ3n) is 2.12. The van der Waals surface area contributed by atoms with E-state index < -0.39 is 6.04 Å². The van der Waals surface area contributed by atoms with Gasteiger partial charge in [-0.15, -0.1) is 0 Å². The van der Waals surface area contributed by atoms with Crippen LogP contribution in [0.5, 0.6) is 0 Å². The van der Waals surface area contributed by atoms with E-state index in [1.165, 1.54) is 0 Å². The molecule has 1 atom stereocenters. The number of nitrogens with two attached hydrogens (primary N) is 1. The highest BCUT2D eigenvalue weighted by atomic mass is 16.2. The number of rotatable bonds is 2. The summed E-state index contributed by atoms with van der Waals surface area (Å²) in [6.45, 7) is 1.64. The highest BCUT2D eigenvalue weighted by Crippen LogP contribution is 2.16. The van der Waals surface area contributed by atoms with Crippen LogP contribution in [0.2, 0.25) is 0 Å². The average Bonchev–Trinajstić information content (AvgIpc) is 2.64. The van der Waals surface area contributed by atoms with Crippen molar-refractivity contribution in [2.45, 2.75) is 13.0 Å². The molecule has 5 nitrogen and oxygen atoms in total. The van der Waals surface area contributed by atoms with Crippen LogP contribution in [0.1, 0.15) is 6.92 Å². The van der Waals surface area contributed by atoms with E-state index >= 15 is 0 Å². The van der Waals surface area contributed by atoms with Crippen LogP contribution in [0.3, 0.4) is 0 Å². The van der Waals surface area contributed by atoms with E-state index in [2.05, 4.69) is 15.5 Å². The molecule has 4 N–H and O–H groups in total. The van der Waals surface area contributed by atoms with E-state index in [4.69, 9.17) is 5.73 Å². The molecular weight excluding hydrogens is 192 g/mol. The number of carbonyl (C=O) groups excluding carboxylic acids is 1. The third-order valence-corrected chi connectivity index (χ3v) is 2.12. The number of benzene rings is 1. The van der Waals surface area contributed by atoms with Gasteiger partial charge in [0.1, 0.15) is 0 Å². The number of aromatic amines is 1. The van der Waals surface area contributed by atoms with Crippen molar-refractivity contribution in [3.05, 3.63) is 24.4 Å². The molecule has 1 aromatic carbocycles. The number of H-pyrrole nitrogens is 1. The maximum absolute atomic E-state index is 11.3. The van der Waals surface area contributed by atoms with Gasteiger partial charge in [0.25, 0.3) is 0 Å². The number of nitrogens with zero attached hydrogens (tertiary/aromatic N) is 1. The molecule has 0 saturated heterocycles. The lowest BCUT2D eigenvalue weighted by molar-refractivity contribution is -0.117. The van der Waals surface area contributed by atoms with Gasteiger partial charge in [-0.1, -0.05) is 0 Å². The van der Waals surface area contributed by atoms with E-state index in [1.807, 2.05) is 18.2 Å². The van der Waals surface area contributed by atoms with E-state index in [1.54, 1.807) is 13.1 Å². The molecule has 0 radical (unpaired) electrons. The molecule has 0 fully saturated rings. The van der Waals surface area contributed by atoms with Gasteiger partial charge in [0.05, 0.1) is 17.8 Å². The number of amides is 1. The summed E-state index contributed by atoms with van der Waals surface area (Å²) in [4.78, 5) is 11.3. The van der Waals surface area contributed by atoms with Crippen molar-refractivity contribution in [1.29, 1.82) is 0 Å². The van der Waals surface area contributed by atoms with Crippen LogP contribution in [0.15, 0.2) is 24.4 Å². The summed E-state index contributed by atoms with van der Waals surface area (Å²) in [6.07, 6.45) is 1.73. The Bertz CT molecular complexity index is 489. The first kappa shape index (κ1) is 9.67. The summed E-state index contributed by atoms with van der Waals surface area (Å²) < 4.78 is 0. The Morgan fingerprint density at radius 3 is 3.13 bits per heavy atom. The molecule has 78 valence electrons. The van der Waals surface area contributed by atoms with Gasteiger partial charge in [-0.2, -0.15) is 5.10 Å². The number of fused-ring (bicyclic) bond motifs is 1. The normalized spacial score (nSPS) is 12.7. The Hall–Kier alpha value is -1.88. The van der Waals surface area contributed by atoms with Crippen molar-refractivity contribution in [1.82, 2.24) is 10.2 Å². The lowest BCUT2D eigenvalue weighted by atomic mass is 10.2. The Labute approximate surface area is 86.7 Å². The van der Waals surface area contributed by atoms with E-state index in [-0.39, 0.29) is 5.91 Å². The van der Waals surface area contributed by atoms with Crippen LogP contribution >= 0.6 is 0 Å². The highest BCUT2D eigenvalue weighted by molar-refractivity contribution is 5.96. The number of hydrogen-bond donors (Lipinski definition) is 3. The maximum Gasteiger partial charge on any atom is 0.240 e. The van der Waals surface area contributed by atoms with Gasteiger partial charge in [0.15, 0.2) is 0 Å². The Kier molecular flexibility index (Phi) is 2.39. The molecule has 15 heavy (non-hydrogen) atoms. The maximum atomic E-state index is 11.3. The fourth-order valence-corrected chi connectivity index (χ4v) is 1.27. The first-order valence-electron chi connectivity index (χ1n) is 4.66.